The Morgan fingerprint density at radius 2 is 1.85 bits per heavy atom. The van der Waals surface area contributed by atoms with Crippen molar-refractivity contribution in [3.8, 4) is 11.3 Å². The lowest BCUT2D eigenvalue weighted by Crippen LogP contribution is -2.22. The second-order valence-corrected chi connectivity index (χ2v) is 6.45. The average molecular weight is 271 g/mol. The Kier molecular flexibility index (Phi) is 4.00. The first kappa shape index (κ1) is 14.8. The standard InChI is InChI=1S/C17H25N3/c1-12-7-8-14(9-13(12)2)16-15(10-18-6)11-20(19-16)17(3,4)5/h7-9,11,18H,10H2,1-6H3. The van der Waals surface area contributed by atoms with Gasteiger partial charge in [0.25, 0.3) is 0 Å². The van der Waals surface area contributed by atoms with Gasteiger partial charge in [0.05, 0.1) is 11.2 Å². The fourth-order valence-corrected chi connectivity index (χ4v) is 2.20. The lowest BCUT2D eigenvalue weighted by Gasteiger charge is -2.18. The highest BCUT2D eigenvalue weighted by Crippen LogP contribution is 2.26. The highest BCUT2D eigenvalue weighted by molar-refractivity contribution is 5.64. The molecule has 3 heteroatoms. The lowest BCUT2D eigenvalue weighted by atomic mass is 10.0. The Hall–Kier alpha value is -1.61. The van der Waals surface area contributed by atoms with Gasteiger partial charge in [-0.05, 0) is 58.9 Å². The van der Waals surface area contributed by atoms with E-state index in [0.717, 1.165) is 12.2 Å². The summed E-state index contributed by atoms with van der Waals surface area (Å²) in [5, 5.41) is 8.05. The van der Waals surface area contributed by atoms with Crippen LogP contribution in [0.5, 0.6) is 0 Å². The number of nitrogens with one attached hydrogen (secondary N) is 1. The molecule has 0 bridgehead atoms. The van der Waals surface area contributed by atoms with Gasteiger partial charge in [0.2, 0.25) is 0 Å². The van der Waals surface area contributed by atoms with E-state index in [1.54, 1.807) is 0 Å². The van der Waals surface area contributed by atoms with Crippen LogP contribution in [0.3, 0.4) is 0 Å². The first-order valence-corrected chi connectivity index (χ1v) is 7.14. The summed E-state index contributed by atoms with van der Waals surface area (Å²) in [6.07, 6.45) is 2.15. The molecule has 1 aromatic heterocycles. The molecule has 3 nitrogen and oxygen atoms in total. The van der Waals surface area contributed by atoms with Crippen molar-refractivity contribution in [3.63, 3.8) is 0 Å². The van der Waals surface area contributed by atoms with Crippen molar-refractivity contribution in [2.45, 2.75) is 46.7 Å². The molecule has 0 aliphatic rings. The van der Waals surface area contributed by atoms with Crippen molar-refractivity contribution in [2.75, 3.05) is 7.05 Å². The Morgan fingerprint density at radius 1 is 1.15 bits per heavy atom. The minimum absolute atomic E-state index is 0.000479. The van der Waals surface area contributed by atoms with E-state index >= 15 is 0 Å². The molecule has 0 spiro atoms. The van der Waals surface area contributed by atoms with Crippen LogP contribution < -0.4 is 5.32 Å². The quantitative estimate of drug-likeness (QED) is 0.923. The fraction of sp³-hybridized carbons (Fsp3) is 0.471. The zero-order chi connectivity index (χ0) is 14.9. The van der Waals surface area contributed by atoms with Crippen LogP contribution in [-0.2, 0) is 12.1 Å². The molecule has 0 saturated carbocycles. The number of nitrogens with zero attached hydrogens (tertiary/aromatic N) is 2. The van der Waals surface area contributed by atoms with Gasteiger partial charge in [-0.2, -0.15) is 5.10 Å². The summed E-state index contributed by atoms with van der Waals surface area (Å²) in [4.78, 5) is 0. The first-order valence-electron chi connectivity index (χ1n) is 7.14. The van der Waals surface area contributed by atoms with Crippen LogP contribution in [0.2, 0.25) is 0 Å². The van der Waals surface area contributed by atoms with E-state index in [0.29, 0.717) is 0 Å². The van der Waals surface area contributed by atoms with Crippen LogP contribution in [0.4, 0.5) is 0 Å². The zero-order valence-corrected chi connectivity index (χ0v) is 13.4. The summed E-state index contributed by atoms with van der Waals surface area (Å²) in [7, 11) is 1.97. The minimum atomic E-state index is 0.000479. The van der Waals surface area contributed by atoms with Crippen molar-refractivity contribution < 1.29 is 0 Å². The molecule has 1 aromatic carbocycles. The second kappa shape index (κ2) is 5.41. The highest BCUT2D eigenvalue weighted by atomic mass is 15.3. The molecule has 20 heavy (non-hydrogen) atoms. The minimum Gasteiger partial charge on any atom is -0.316 e. The van der Waals surface area contributed by atoms with Gasteiger partial charge in [0, 0.05) is 23.9 Å². The second-order valence-electron chi connectivity index (χ2n) is 6.45. The molecule has 0 saturated heterocycles. The molecule has 2 aromatic rings. The number of aryl methyl sites for hydroxylation is 2. The molecule has 2 rings (SSSR count). The Morgan fingerprint density at radius 3 is 2.40 bits per heavy atom. The predicted octanol–water partition coefficient (Wildman–Crippen LogP) is 3.64. The van der Waals surface area contributed by atoms with Gasteiger partial charge in [-0.3, -0.25) is 4.68 Å². The normalized spacial score (nSPS) is 11.9. The van der Waals surface area contributed by atoms with E-state index in [4.69, 9.17) is 5.10 Å². The Labute approximate surface area is 122 Å². The molecule has 0 radical (unpaired) electrons. The van der Waals surface area contributed by atoms with Gasteiger partial charge in [-0.1, -0.05) is 12.1 Å². The topological polar surface area (TPSA) is 29.9 Å². The Balaban J connectivity index is 2.53. The average Bonchev–Trinajstić information content (AvgIpc) is 2.77. The molecule has 0 fully saturated rings. The van der Waals surface area contributed by atoms with Crippen LogP contribution in [0, 0.1) is 13.8 Å². The van der Waals surface area contributed by atoms with Crippen LogP contribution in [0.25, 0.3) is 11.3 Å². The molecule has 0 atom stereocenters. The van der Waals surface area contributed by atoms with Crippen LogP contribution in [0.15, 0.2) is 24.4 Å². The monoisotopic (exact) mass is 271 g/mol. The van der Waals surface area contributed by atoms with Gasteiger partial charge in [-0.25, -0.2) is 0 Å². The lowest BCUT2D eigenvalue weighted by molar-refractivity contribution is 0.356. The predicted molar refractivity (Wildman–Crippen MR) is 84.9 cm³/mol. The number of hydrogen-bond donors (Lipinski definition) is 1. The van der Waals surface area contributed by atoms with Crippen molar-refractivity contribution in [2.24, 2.45) is 0 Å². The maximum absolute atomic E-state index is 4.82. The van der Waals surface area contributed by atoms with Crippen molar-refractivity contribution >= 4 is 0 Å². The fourth-order valence-electron chi connectivity index (χ4n) is 2.20. The van der Waals surface area contributed by atoms with E-state index < -0.39 is 0 Å². The van der Waals surface area contributed by atoms with Crippen LogP contribution >= 0.6 is 0 Å². The summed E-state index contributed by atoms with van der Waals surface area (Å²) in [5.41, 5.74) is 6.15. The van der Waals surface area contributed by atoms with Crippen LogP contribution in [-0.4, -0.2) is 16.8 Å². The number of hydrogen-bond acceptors (Lipinski definition) is 2. The van der Waals surface area contributed by atoms with E-state index in [2.05, 4.69) is 69.0 Å². The molecule has 0 unspecified atom stereocenters. The van der Waals surface area contributed by atoms with Gasteiger partial charge in [0.1, 0.15) is 0 Å². The van der Waals surface area contributed by atoms with Gasteiger partial charge < -0.3 is 5.32 Å². The molecule has 0 amide bonds. The Bertz CT molecular complexity index is 603. The molecule has 0 aliphatic carbocycles. The van der Waals surface area contributed by atoms with Crippen molar-refractivity contribution in [1.82, 2.24) is 15.1 Å². The zero-order valence-electron chi connectivity index (χ0n) is 13.4. The maximum atomic E-state index is 4.82. The van der Waals surface area contributed by atoms with Gasteiger partial charge in [-0.15, -0.1) is 0 Å². The van der Waals surface area contributed by atoms with Gasteiger partial charge in [0.15, 0.2) is 0 Å². The third kappa shape index (κ3) is 2.93. The summed E-state index contributed by atoms with van der Waals surface area (Å²) in [6, 6.07) is 6.56. The summed E-state index contributed by atoms with van der Waals surface area (Å²) >= 11 is 0. The van der Waals surface area contributed by atoms with E-state index in [9.17, 15) is 0 Å². The number of benzene rings is 1. The largest absolute Gasteiger partial charge is 0.316 e. The van der Waals surface area contributed by atoms with Crippen molar-refractivity contribution in [1.29, 1.82) is 0 Å². The molecular formula is C17H25N3. The van der Waals surface area contributed by atoms with Crippen molar-refractivity contribution in [3.05, 3.63) is 41.1 Å². The maximum Gasteiger partial charge on any atom is 0.0968 e. The smallest absolute Gasteiger partial charge is 0.0968 e. The van der Waals surface area contributed by atoms with E-state index in [1.807, 2.05) is 7.05 Å². The van der Waals surface area contributed by atoms with E-state index in [-0.39, 0.29) is 5.54 Å². The first-order chi connectivity index (χ1) is 9.32. The molecule has 1 heterocycles. The summed E-state index contributed by atoms with van der Waals surface area (Å²) in [5.74, 6) is 0. The third-order valence-electron chi connectivity index (χ3n) is 3.62. The highest BCUT2D eigenvalue weighted by Gasteiger charge is 2.18. The SMILES string of the molecule is CNCc1cn(C(C)(C)C)nc1-c1ccc(C)c(C)c1. The molecule has 108 valence electrons. The van der Waals surface area contributed by atoms with Crippen LogP contribution in [0.1, 0.15) is 37.5 Å². The molecular weight excluding hydrogens is 246 g/mol. The number of rotatable bonds is 3. The van der Waals surface area contributed by atoms with Gasteiger partial charge >= 0.3 is 0 Å². The molecule has 0 aliphatic heterocycles. The molecule has 1 N–H and O–H groups in total. The van der Waals surface area contributed by atoms with E-state index in [1.165, 1.54) is 22.3 Å². The number of aromatic nitrogens is 2. The summed E-state index contributed by atoms with van der Waals surface area (Å²) < 4.78 is 2.06. The third-order valence-corrected chi connectivity index (χ3v) is 3.62. The summed E-state index contributed by atoms with van der Waals surface area (Å²) in [6.45, 7) is 11.6.